The summed E-state index contributed by atoms with van der Waals surface area (Å²) in [6.07, 6.45) is 0. The number of alkyl halides is 1. The molecule has 0 fully saturated rings. The molecule has 0 amide bonds. The molecule has 0 N–H and O–H groups in total. The number of nitrogens with zero attached hydrogens (tertiary/aromatic N) is 1. The lowest BCUT2D eigenvalue weighted by Crippen LogP contribution is -2.34. The van der Waals surface area contributed by atoms with Crippen LogP contribution in [0.2, 0.25) is 0 Å². The second-order valence-electron chi connectivity index (χ2n) is 4.43. The van der Waals surface area contributed by atoms with Crippen LogP contribution in [0.15, 0.2) is 23.1 Å². The van der Waals surface area contributed by atoms with Crippen molar-refractivity contribution in [3.63, 3.8) is 0 Å². The average molecular weight is 320 g/mol. The van der Waals surface area contributed by atoms with E-state index >= 15 is 0 Å². The largest absolute Gasteiger partial charge is 0.380 e. The van der Waals surface area contributed by atoms with Gasteiger partial charge in [-0.3, -0.25) is 0 Å². The van der Waals surface area contributed by atoms with Crippen molar-refractivity contribution in [2.75, 3.05) is 26.3 Å². The second kappa shape index (κ2) is 7.98. The van der Waals surface area contributed by atoms with E-state index in [1.54, 1.807) is 19.1 Å². The monoisotopic (exact) mass is 319 g/mol. The first-order chi connectivity index (χ1) is 9.47. The van der Waals surface area contributed by atoms with Gasteiger partial charge >= 0.3 is 0 Å². The van der Waals surface area contributed by atoms with Crippen LogP contribution in [0.3, 0.4) is 0 Å². The van der Waals surface area contributed by atoms with E-state index in [0.717, 1.165) is 11.1 Å². The summed E-state index contributed by atoms with van der Waals surface area (Å²) in [5.41, 5.74) is 1.53. The molecule has 0 saturated carbocycles. The first-order valence-electron chi connectivity index (χ1n) is 6.70. The fourth-order valence-electron chi connectivity index (χ4n) is 1.90. The number of hydrogen-bond acceptors (Lipinski definition) is 3. The molecule has 1 aromatic carbocycles. The van der Waals surface area contributed by atoms with Crippen LogP contribution in [0.5, 0.6) is 0 Å². The predicted octanol–water partition coefficient (Wildman–Crippen LogP) is 2.78. The molecule has 0 aromatic heterocycles. The highest BCUT2D eigenvalue weighted by atomic mass is 35.5. The van der Waals surface area contributed by atoms with E-state index in [1.807, 2.05) is 19.9 Å². The van der Waals surface area contributed by atoms with E-state index in [4.69, 9.17) is 16.3 Å². The highest BCUT2D eigenvalue weighted by Crippen LogP contribution is 2.22. The Balaban J connectivity index is 3.07. The van der Waals surface area contributed by atoms with Crippen molar-refractivity contribution in [1.82, 2.24) is 4.31 Å². The van der Waals surface area contributed by atoms with Gasteiger partial charge in [0, 0.05) is 25.6 Å². The molecule has 0 unspecified atom stereocenters. The van der Waals surface area contributed by atoms with Gasteiger partial charge in [-0.05, 0) is 31.0 Å². The SMILES string of the molecule is CCOCCN(CC)S(=O)(=O)c1cc(CCl)ccc1C. The number of likely N-dealkylation sites (N-methyl/N-ethyl adjacent to an activating group) is 1. The molecule has 1 aromatic rings. The molecule has 0 spiro atoms. The van der Waals surface area contributed by atoms with Crippen LogP contribution < -0.4 is 0 Å². The van der Waals surface area contributed by atoms with Crippen molar-refractivity contribution in [3.8, 4) is 0 Å². The van der Waals surface area contributed by atoms with Crippen LogP contribution in [0.1, 0.15) is 25.0 Å². The van der Waals surface area contributed by atoms with E-state index in [1.165, 1.54) is 4.31 Å². The fraction of sp³-hybridized carbons (Fsp3) is 0.571. The summed E-state index contributed by atoms with van der Waals surface area (Å²) in [6.45, 7) is 7.26. The standard InChI is InChI=1S/C14H22ClNO3S/c1-4-16(8-9-19-5-2)20(17,18)14-10-13(11-15)7-6-12(14)3/h6-7,10H,4-5,8-9,11H2,1-3H3. The van der Waals surface area contributed by atoms with Crippen molar-refractivity contribution in [1.29, 1.82) is 0 Å². The number of rotatable bonds is 8. The first kappa shape index (κ1) is 17.4. The van der Waals surface area contributed by atoms with Crippen molar-refractivity contribution < 1.29 is 13.2 Å². The van der Waals surface area contributed by atoms with E-state index in [2.05, 4.69) is 0 Å². The molecule has 0 atom stereocenters. The molecule has 0 saturated heterocycles. The van der Waals surface area contributed by atoms with E-state index in [0.29, 0.717) is 37.1 Å². The number of halogens is 1. The highest BCUT2D eigenvalue weighted by Gasteiger charge is 2.24. The van der Waals surface area contributed by atoms with E-state index < -0.39 is 10.0 Å². The lowest BCUT2D eigenvalue weighted by molar-refractivity contribution is 0.135. The van der Waals surface area contributed by atoms with Crippen LogP contribution in [0.4, 0.5) is 0 Å². The summed E-state index contributed by atoms with van der Waals surface area (Å²) in [4.78, 5) is 0.328. The third-order valence-corrected chi connectivity index (χ3v) is 5.49. The van der Waals surface area contributed by atoms with Gasteiger partial charge in [-0.1, -0.05) is 19.1 Å². The maximum Gasteiger partial charge on any atom is 0.243 e. The Hall–Kier alpha value is -0.620. The molecular formula is C14H22ClNO3S. The summed E-state index contributed by atoms with van der Waals surface area (Å²) >= 11 is 5.79. The van der Waals surface area contributed by atoms with Gasteiger partial charge in [0.2, 0.25) is 10.0 Å². The van der Waals surface area contributed by atoms with Crippen LogP contribution in [0, 0.1) is 6.92 Å². The van der Waals surface area contributed by atoms with Gasteiger partial charge in [0.1, 0.15) is 0 Å². The molecular weight excluding hydrogens is 298 g/mol. The first-order valence-corrected chi connectivity index (χ1v) is 8.68. The number of sulfonamides is 1. The molecule has 0 bridgehead atoms. The second-order valence-corrected chi connectivity index (χ2v) is 6.60. The van der Waals surface area contributed by atoms with Gasteiger partial charge in [-0.15, -0.1) is 11.6 Å². The Kier molecular flexibility index (Phi) is 6.95. The van der Waals surface area contributed by atoms with Crippen LogP contribution in [0.25, 0.3) is 0 Å². The molecule has 0 aliphatic rings. The molecule has 0 radical (unpaired) electrons. The number of ether oxygens (including phenoxy) is 1. The molecule has 20 heavy (non-hydrogen) atoms. The summed E-state index contributed by atoms with van der Waals surface area (Å²) < 4.78 is 32.0. The number of benzene rings is 1. The van der Waals surface area contributed by atoms with Gasteiger partial charge in [-0.2, -0.15) is 4.31 Å². The molecule has 6 heteroatoms. The Morgan fingerprint density at radius 2 is 2.00 bits per heavy atom. The lowest BCUT2D eigenvalue weighted by atomic mass is 10.2. The molecule has 0 aliphatic carbocycles. The fourth-order valence-corrected chi connectivity index (χ4v) is 3.78. The molecule has 114 valence electrons. The van der Waals surface area contributed by atoms with Crippen molar-refractivity contribution in [2.24, 2.45) is 0 Å². The van der Waals surface area contributed by atoms with E-state index in [9.17, 15) is 8.42 Å². The van der Waals surface area contributed by atoms with Gasteiger partial charge < -0.3 is 4.74 Å². The van der Waals surface area contributed by atoms with Crippen LogP contribution >= 0.6 is 11.6 Å². The number of aryl methyl sites for hydroxylation is 1. The molecule has 4 nitrogen and oxygen atoms in total. The molecule has 0 heterocycles. The molecule has 1 rings (SSSR count). The average Bonchev–Trinajstić information content (AvgIpc) is 2.43. The number of hydrogen-bond donors (Lipinski definition) is 0. The third kappa shape index (κ3) is 4.19. The quantitative estimate of drug-likeness (QED) is 0.547. The predicted molar refractivity (Wildman–Crippen MR) is 81.7 cm³/mol. The minimum Gasteiger partial charge on any atom is -0.380 e. The van der Waals surface area contributed by atoms with E-state index in [-0.39, 0.29) is 0 Å². The summed E-state index contributed by atoms with van der Waals surface area (Å²) in [5.74, 6) is 0.299. The Morgan fingerprint density at radius 3 is 2.55 bits per heavy atom. The maximum absolute atomic E-state index is 12.7. The zero-order valence-electron chi connectivity index (χ0n) is 12.2. The Morgan fingerprint density at radius 1 is 1.30 bits per heavy atom. The molecule has 0 aliphatic heterocycles. The zero-order valence-corrected chi connectivity index (χ0v) is 13.8. The van der Waals surface area contributed by atoms with Crippen molar-refractivity contribution in [2.45, 2.75) is 31.5 Å². The van der Waals surface area contributed by atoms with Crippen LogP contribution in [-0.2, 0) is 20.6 Å². The van der Waals surface area contributed by atoms with Gasteiger partial charge in [-0.25, -0.2) is 8.42 Å². The smallest absolute Gasteiger partial charge is 0.243 e. The van der Waals surface area contributed by atoms with Crippen molar-refractivity contribution in [3.05, 3.63) is 29.3 Å². The maximum atomic E-state index is 12.7. The Bertz CT molecular complexity index is 531. The van der Waals surface area contributed by atoms with Gasteiger partial charge in [0.15, 0.2) is 0 Å². The Labute approximate surface area is 126 Å². The topological polar surface area (TPSA) is 46.6 Å². The minimum absolute atomic E-state index is 0.299. The zero-order chi connectivity index (χ0) is 15.2. The lowest BCUT2D eigenvalue weighted by Gasteiger charge is -2.21. The van der Waals surface area contributed by atoms with Gasteiger partial charge in [0.25, 0.3) is 0 Å². The summed E-state index contributed by atoms with van der Waals surface area (Å²) in [6, 6.07) is 5.29. The van der Waals surface area contributed by atoms with Crippen molar-refractivity contribution >= 4 is 21.6 Å². The summed E-state index contributed by atoms with van der Waals surface area (Å²) in [7, 11) is -3.50. The van der Waals surface area contributed by atoms with Gasteiger partial charge in [0.05, 0.1) is 11.5 Å². The summed E-state index contributed by atoms with van der Waals surface area (Å²) in [5, 5.41) is 0. The van der Waals surface area contributed by atoms with Crippen LogP contribution in [-0.4, -0.2) is 39.0 Å². The normalized spacial score (nSPS) is 12.1. The minimum atomic E-state index is -3.50. The highest BCUT2D eigenvalue weighted by molar-refractivity contribution is 7.89. The third-order valence-electron chi connectivity index (χ3n) is 3.07.